The van der Waals surface area contributed by atoms with Crippen LogP contribution in [0.25, 0.3) is 0 Å². The van der Waals surface area contributed by atoms with E-state index in [1.807, 2.05) is 7.05 Å². The van der Waals surface area contributed by atoms with Crippen molar-refractivity contribution in [2.24, 2.45) is 0 Å². The van der Waals surface area contributed by atoms with Gasteiger partial charge in [-0.1, -0.05) is 12.1 Å². The molecule has 0 aliphatic carbocycles. The molecule has 0 bridgehead atoms. The summed E-state index contributed by atoms with van der Waals surface area (Å²) >= 11 is 0. The number of hydrogen-bond donors (Lipinski definition) is 1. The molecule has 0 aliphatic heterocycles. The molecule has 1 aromatic rings. The highest BCUT2D eigenvalue weighted by molar-refractivity contribution is 5.19. The fourth-order valence-electron chi connectivity index (χ4n) is 1.56. The van der Waals surface area contributed by atoms with Crippen LogP contribution in [0, 0.1) is 5.82 Å². The van der Waals surface area contributed by atoms with Crippen LogP contribution in [0.15, 0.2) is 24.3 Å². The molecule has 4 heteroatoms. The highest BCUT2D eigenvalue weighted by atomic mass is 19.1. The summed E-state index contributed by atoms with van der Waals surface area (Å²) in [5, 5.41) is 8.57. The SMILES string of the molecule is CC(c1ccc(F)cc1)N(C)CCOCCO. The lowest BCUT2D eigenvalue weighted by molar-refractivity contribution is 0.0719. The van der Waals surface area contributed by atoms with Crippen molar-refractivity contribution in [3.05, 3.63) is 35.6 Å². The van der Waals surface area contributed by atoms with Gasteiger partial charge in [-0.2, -0.15) is 0 Å². The zero-order valence-corrected chi connectivity index (χ0v) is 10.4. The van der Waals surface area contributed by atoms with Gasteiger partial charge in [0.05, 0.1) is 19.8 Å². The van der Waals surface area contributed by atoms with E-state index in [9.17, 15) is 4.39 Å². The van der Waals surface area contributed by atoms with Crippen molar-refractivity contribution in [3.63, 3.8) is 0 Å². The van der Waals surface area contributed by atoms with Crippen LogP contribution in [0.3, 0.4) is 0 Å². The molecule has 0 aromatic heterocycles. The number of ether oxygens (including phenoxy) is 1. The van der Waals surface area contributed by atoms with E-state index in [1.54, 1.807) is 12.1 Å². The van der Waals surface area contributed by atoms with Crippen LogP contribution < -0.4 is 0 Å². The molecule has 0 heterocycles. The van der Waals surface area contributed by atoms with Crippen LogP contribution in [0.1, 0.15) is 18.5 Å². The minimum atomic E-state index is -0.213. The van der Waals surface area contributed by atoms with Gasteiger partial charge in [-0.25, -0.2) is 4.39 Å². The Kier molecular flexibility index (Phi) is 6.11. The van der Waals surface area contributed by atoms with Gasteiger partial charge in [0, 0.05) is 12.6 Å². The topological polar surface area (TPSA) is 32.7 Å². The molecule has 0 saturated carbocycles. The summed E-state index contributed by atoms with van der Waals surface area (Å²) in [4.78, 5) is 2.13. The molecule has 1 N–H and O–H groups in total. The monoisotopic (exact) mass is 241 g/mol. The van der Waals surface area contributed by atoms with Gasteiger partial charge in [0.25, 0.3) is 0 Å². The Hall–Kier alpha value is -0.970. The maximum Gasteiger partial charge on any atom is 0.123 e. The van der Waals surface area contributed by atoms with Gasteiger partial charge < -0.3 is 9.84 Å². The van der Waals surface area contributed by atoms with E-state index in [2.05, 4.69) is 11.8 Å². The summed E-state index contributed by atoms with van der Waals surface area (Å²) < 4.78 is 18.0. The molecule has 0 aliphatic rings. The van der Waals surface area contributed by atoms with Crippen molar-refractivity contribution in [1.82, 2.24) is 4.90 Å². The van der Waals surface area contributed by atoms with E-state index in [0.717, 1.165) is 12.1 Å². The third-order valence-electron chi connectivity index (χ3n) is 2.84. The lowest BCUT2D eigenvalue weighted by atomic mass is 10.1. The first-order valence-corrected chi connectivity index (χ1v) is 5.79. The van der Waals surface area contributed by atoms with E-state index in [4.69, 9.17) is 9.84 Å². The number of aliphatic hydroxyl groups excluding tert-OH is 1. The average Bonchev–Trinajstić information content (AvgIpc) is 2.34. The zero-order chi connectivity index (χ0) is 12.7. The van der Waals surface area contributed by atoms with Gasteiger partial charge in [-0.05, 0) is 31.7 Å². The third kappa shape index (κ3) is 4.81. The summed E-state index contributed by atoms with van der Waals surface area (Å²) in [6, 6.07) is 6.76. The third-order valence-corrected chi connectivity index (χ3v) is 2.84. The number of nitrogens with zero attached hydrogens (tertiary/aromatic N) is 1. The molecule has 0 amide bonds. The van der Waals surface area contributed by atoms with Gasteiger partial charge in [-0.3, -0.25) is 4.90 Å². The van der Waals surface area contributed by atoms with Crippen LogP contribution in [0.4, 0.5) is 4.39 Å². The fraction of sp³-hybridized carbons (Fsp3) is 0.538. The molecule has 0 fully saturated rings. The average molecular weight is 241 g/mol. The summed E-state index contributed by atoms with van der Waals surface area (Å²) in [7, 11) is 2.00. The quantitative estimate of drug-likeness (QED) is 0.739. The molecular weight excluding hydrogens is 221 g/mol. The lowest BCUT2D eigenvalue weighted by Gasteiger charge is -2.24. The molecule has 1 unspecified atom stereocenters. The van der Waals surface area contributed by atoms with Gasteiger partial charge >= 0.3 is 0 Å². The van der Waals surface area contributed by atoms with Crippen molar-refractivity contribution in [3.8, 4) is 0 Å². The molecule has 0 radical (unpaired) electrons. The predicted molar refractivity (Wildman–Crippen MR) is 65.3 cm³/mol. The highest BCUT2D eigenvalue weighted by Gasteiger charge is 2.11. The van der Waals surface area contributed by atoms with Crippen molar-refractivity contribution >= 4 is 0 Å². The minimum Gasteiger partial charge on any atom is -0.394 e. The highest BCUT2D eigenvalue weighted by Crippen LogP contribution is 2.18. The van der Waals surface area contributed by atoms with Crippen LogP contribution in [-0.4, -0.2) is 43.4 Å². The number of halogens is 1. The molecular formula is C13H20FNO2. The Bertz CT molecular complexity index is 316. The van der Waals surface area contributed by atoms with Crippen LogP contribution >= 0.6 is 0 Å². The number of rotatable bonds is 7. The normalized spacial score (nSPS) is 13.0. The standard InChI is InChI=1S/C13H20FNO2/c1-11(12-3-5-13(14)6-4-12)15(2)7-9-17-10-8-16/h3-6,11,16H,7-10H2,1-2H3. The van der Waals surface area contributed by atoms with E-state index in [1.165, 1.54) is 12.1 Å². The Labute approximate surface area is 102 Å². The van der Waals surface area contributed by atoms with Crippen LogP contribution in [0.2, 0.25) is 0 Å². The van der Waals surface area contributed by atoms with E-state index >= 15 is 0 Å². The summed E-state index contributed by atoms with van der Waals surface area (Å²) in [5.41, 5.74) is 1.08. The number of benzene rings is 1. The second-order valence-corrected chi connectivity index (χ2v) is 4.04. The first-order chi connectivity index (χ1) is 8.15. The second-order valence-electron chi connectivity index (χ2n) is 4.04. The minimum absolute atomic E-state index is 0.0528. The second kappa shape index (κ2) is 7.37. The van der Waals surface area contributed by atoms with Crippen molar-refractivity contribution in [2.45, 2.75) is 13.0 Å². The molecule has 1 atom stereocenters. The first kappa shape index (κ1) is 14.1. The van der Waals surface area contributed by atoms with Crippen molar-refractivity contribution in [1.29, 1.82) is 0 Å². The van der Waals surface area contributed by atoms with Crippen molar-refractivity contribution in [2.75, 3.05) is 33.4 Å². The summed E-state index contributed by atoms with van der Waals surface area (Å²) in [6.45, 7) is 3.86. The van der Waals surface area contributed by atoms with Gasteiger partial charge in [0.15, 0.2) is 0 Å². The first-order valence-electron chi connectivity index (χ1n) is 5.79. The van der Waals surface area contributed by atoms with E-state index < -0.39 is 0 Å². The van der Waals surface area contributed by atoms with E-state index in [-0.39, 0.29) is 18.5 Å². The lowest BCUT2D eigenvalue weighted by Crippen LogP contribution is -2.26. The number of hydrogen-bond acceptors (Lipinski definition) is 3. The smallest absolute Gasteiger partial charge is 0.123 e. The van der Waals surface area contributed by atoms with Crippen molar-refractivity contribution < 1.29 is 14.2 Å². The molecule has 0 saturated heterocycles. The maximum absolute atomic E-state index is 12.8. The maximum atomic E-state index is 12.8. The van der Waals surface area contributed by atoms with Gasteiger partial charge in [0.1, 0.15) is 5.82 Å². The molecule has 3 nitrogen and oxygen atoms in total. The van der Waals surface area contributed by atoms with Crippen LogP contribution in [0.5, 0.6) is 0 Å². The number of likely N-dealkylation sites (N-methyl/N-ethyl adjacent to an activating group) is 1. The van der Waals surface area contributed by atoms with E-state index in [0.29, 0.717) is 13.2 Å². The molecule has 96 valence electrons. The zero-order valence-electron chi connectivity index (χ0n) is 10.4. The fourth-order valence-corrected chi connectivity index (χ4v) is 1.56. The molecule has 0 spiro atoms. The summed E-state index contributed by atoms with van der Waals surface area (Å²) in [5.74, 6) is -0.213. The Morgan fingerprint density at radius 2 is 1.94 bits per heavy atom. The Balaban J connectivity index is 2.40. The molecule has 1 rings (SSSR count). The van der Waals surface area contributed by atoms with Crippen LogP contribution in [-0.2, 0) is 4.74 Å². The Morgan fingerprint density at radius 3 is 2.53 bits per heavy atom. The largest absolute Gasteiger partial charge is 0.394 e. The summed E-state index contributed by atoms with van der Waals surface area (Å²) in [6.07, 6.45) is 0. The Morgan fingerprint density at radius 1 is 1.29 bits per heavy atom. The van der Waals surface area contributed by atoms with Gasteiger partial charge in [-0.15, -0.1) is 0 Å². The number of aliphatic hydroxyl groups is 1. The predicted octanol–water partition coefficient (Wildman–Crippen LogP) is 1.83. The molecule has 1 aromatic carbocycles. The van der Waals surface area contributed by atoms with Gasteiger partial charge in [0.2, 0.25) is 0 Å². The molecule has 17 heavy (non-hydrogen) atoms.